The molecule has 152 valence electrons. The van der Waals surface area contributed by atoms with Crippen LogP contribution in [0.2, 0.25) is 0 Å². The molecule has 1 rings (SSSR count). The largest absolute Gasteiger partial charge is 0.412 e. The van der Waals surface area contributed by atoms with Gasteiger partial charge in [-0.05, 0) is 24.8 Å². The topological polar surface area (TPSA) is 57.5 Å². The molecule has 0 radical (unpaired) electrons. The molecule has 0 saturated carbocycles. The van der Waals surface area contributed by atoms with Gasteiger partial charge >= 0.3 is 0 Å². The molecule has 1 aromatic carbocycles. The zero-order chi connectivity index (χ0) is 18.4. The Bertz CT molecular complexity index is 411. The molecule has 0 bridgehead atoms. The summed E-state index contributed by atoms with van der Waals surface area (Å²) in [5.41, 5.74) is 8.41. The Labute approximate surface area is 163 Å². The van der Waals surface area contributed by atoms with Gasteiger partial charge in [-0.2, -0.15) is 0 Å². The summed E-state index contributed by atoms with van der Waals surface area (Å²) >= 11 is 0. The van der Waals surface area contributed by atoms with Crippen molar-refractivity contribution in [2.24, 2.45) is 5.73 Å². The molecule has 0 spiro atoms. The molecule has 2 heteroatoms. The lowest BCUT2D eigenvalue weighted by atomic mass is 9.72. The van der Waals surface area contributed by atoms with Crippen LogP contribution in [-0.2, 0) is 0 Å². The SMILES string of the molecule is CCCCCCCCCCC(c1ccccc1)C(N)(CCC)CCC.O. The van der Waals surface area contributed by atoms with Crippen molar-refractivity contribution in [3.05, 3.63) is 35.9 Å². The number of benzene rings is 1. The van der Waals surface area contributed by atoms with E-state index in [0.717, 1.165) is 12.8 Å². The lowest BCUT2D eigenvalue weighted by Gasteiger charge is -2.38. The average molecular weight is 364 g/mol. The van der Waals surface area contributed by atoms with Crippen LogP contribution in [0.3, 0.4) is 0 Å². The van der Waals surface area contributed by atoms with Crippen LogP contribution in [0.25, 0.3) is 0 Å². The van der Waals surface area contributed by atoms with E-state index in [0.29, 0.717) is 5.92 Å². The maximum Gasteiger partial charge on any atom is 0.0223 e. The number of nitrogens with two attached hydrogens (primary N) is 1. The molecule has 0 aromatic heterocycles. The maximum atomic E-state index is 6.99. The molecule has 0 heterocycles. The summed E-state index contributed by atoms with van der Waals surface area (Å²) in [7, 11) is 0. The Balaban J connectivity index is 0.00000625. The Morgan fingerprint density at radius 1 is 0.731 bits per heavy atom. The molecular weight excluding hydrogens is 318 g/mol. The molecule has 4 N–H and O–H groups in total. The van der Waals surface area contributed by atoms with Crippen molar-refractivity contribution >= 4 is 0 Å². The van der Waals surface area contributed by atoms with Crippen molar-refractivity contribution in [2.45, 2.75) is 116 Å². The summed E-state index contributed by atoms with van der Waals surface area (Å²) < 4.78 is 0. The standard InChI is InChI=1S/C24H43N.H2O/c1-4-7-8-9-10-11-12-16-19-23(22-17-14-13-15-18-22)24(25,20-5-2)21-6-3;/h13-15,17-18,23H,4-12,16,19-21,25H2,1-3H3;1H2. The highest BCUT2D eigenvalue weighted by Gasteiger charge is 2.33. The third-order valence-electron chi connectivity index (χ3n) is 5.67. The van der Waals surface area contributed by atoms with E-state index in [4.69, 9.17) is 5.73 Å². The minimum Gasteiger partial charge on any atom is -0.412 e. The first-order chi connectivity index (χ1) is 12.2. The fourth-order valence-corrected chi connectivity index (χ4v) is 4.36. The Kier molecular flexibility index (Phi) is 14.7. The monoisotopic (exact) mass is 363 g/mol. The highest BCUT2D eigenvalue weighted by molar-refractivity contribution is 5.24. The number of hydrogen-bond acceptors (Lipinski definition) is 1. The van der Waals surface area contributed by atoms with Gasteiger partial charge in [0.05, 0.1) is 0 Å². The van der Waals surface area contributed by atoms with E-state index in [1.807, 2.05) is 0 Å². The second-order valence-corrected chi connectivity index (χ2v) is 7.96. The number of unbranched alkanes of at least 4 members (excludes halogenated alkanes) is 7. The van der Waals surface area contributed by atoms with Gasteiger partial charge in [-0.25, -0.2) is 0 Å². The van der Waals surface area contributed by atoms with E-state index in [-0.39, 0.29) is 11.0 Å². The van der Waals surface area contributed by atoms with E-state index in [9.17, 15) is 0 Å². The molecule has 0 aliphatic carbocycles. The van der Waals surface area contributed by atoms with E-state index in [1.54, 1.807) is 0 Å². The fourth-order valence-electron chi connectivity index (χ4n) is 4.36. The average Bonchev–Trinajstić information content (AvgIpc) is 2.61. The van der Waals surface area contributed by atoms with Crippen LogP contribution in [-0.4, -0.2) is 11.0 Å². The third-order valence-corrected chi connectivity index (χ3v) is 5.67. The van der Waals surface area contributed by atoms with Gasteiger partial charge in [0.25, 0.3) is 0 Å². The molecule has 0 saturated heterocycles. The van der Waals surface area contributed by atoms with Crippen LogP contribution in [0, 0.1) is 0 Å². The van der Waals surface area contributed by atoms with Crippen LogP contribution < -0.4 is 5.73 Å². The zero-order valence-electron chi connectivity index (χ0n) is 17.7. The van der Waals surface area contributed by atoms with Crippen LogP contribution in [0.5, 0.6) is 0 Å². The maximum absolute atomic E-state index is 6.99. The van der Waals surface area contributed by atoms with E-state index >= 15 is 0 Å². The lowest BCUT2D eigenvalue weighted by molar-refractivity contribution is 0.275. The van der Waals surface area contributed by atoms with Crippen molar-refractivity contribution in [1.82, 2.24) is 0 Å². The van der Waals surface area contributed by atoms with Gasteiger partial charge < -0.3 is 11.2 Å². The number of hydrogen-bond donors (Lipinski definition) is 1. The lowest BCUT2D eigenvalue weighted by Crippen LogP contribution is -2.45. The molecular formula is C24H45NO. The number of rotatable bonds is 15. The predicted molar refractivity (Wildman–Crippen MR) is 117 cm³/mol. The zero-order valence-corrected chi connectivity index (χ0v) is 17.7. The highest BCUT2D eigenvalue weighted by atomic mass is 16.0. The summed E-state index contributed by atoms with van der Waals surface area (Å²) in [4.78, 5) is 0. The van der Waals surface area contributed by atoms with Crippen molar-refractivity contribution < 1.29 is 5.48 Å². The molecule has 0 amide bonds. The Hall–Kier alpha value is -0.860. The molecule has 1 unspecified atom stereocenters. The summed E-state index contributed by atoms with van der Waals surface area (Å²) in [5, 5.41) is 0. The molecule has 0 aliphatic rings. The third kappa shape index (κ3) is 9.19. The van der Waals surface area contributed by atoms with Gasteiger partial charge in [0.2, 0.25) is 0 Å². The summed E-state index contributed by atoms with van der Waals surface area (Å²) in [6.45, 7) is 6.83. The minimum absolute atomic E-state index is 0. The normalized spacial score (nSPS) is 12.6. The first-order valence-electron chi connectivity index (χ1n) is 11.0. The van der Waals surface area contributed by atoms with Gasteiger partial charge in [0.1, 0.15) is 0 Å². The Morgan fingerprint density at radius 3 is 1.73 bits per heavy atom. The molecule has 0 aliphatic heterocycles. The van der Waals surface area contributed by atoms with E-state index in [1.165, 1.54) is 76.2 Å². The van der Waals surface area contributed by atoms with Crippen LogP contribution in [0.4, 0.5) is 0 Å². The second kappa shape index (κ2) is 15.2. The van der Waals surface area contributed by atoms with Crippen LogP contribution in [0.1, 0.15) is 116 Å². The van der Waals surface area contributed by atoms with Crippen LogP contribution in [0.15, 0.2) is 30.3 Å². The highest BCUT2D eigenvalue weighted by Crippen LogP contribution is 2.37. The first-order valence-corrected chi connectivity index (χ1v) is 11.0. The molecule has 1 atom stereocenters. The van der Waals surface area contributed by atoms with Crippen molar-refractivity contribution in [2.75, 3.05) is 0 Å². The summed E-state index contributed by atoms with van der Waals surface area (Å²) in [6.07, 6.45) is 16.9. The second-order valence-electron chi connectivity index (χ2n) is 7.96. The van der Waals surface area contributed by atoms with Gasteiger partial charge in [0, 0.05) is 11.5 Å². The quantitative estimate of drug-likeness (QED) is 0.343. The van der Waals surface area contributed by atoms with Crippen molar-refractivity contribution in [3.63, 3.8) is 0 Å². The molecule has 0 fully saturated rings. The summed E-state index contributed by atoms with van der Waals surface area (Å²) in [5.74, 6) is 0.508. The van der Waals surface area contributed by atoms with Crippen LogP contribution >= 0.6 is 0 Å². The smallest absolute Gasteiger partial charge is 0.0223 e. The fraction of sp³-hybridized carbons (Fsp3) is 0.750. The van der Waals surface area contributed by atoms with Crippen molar-refractivity contribution in [3.8, 4) is 0 Å². The van der Waals surface area contributed by atoms with E-state index in [2.05, 4.69) is 51.1 Å². The van der Waals surface area contributed by atoms with Crippen molar-refractivity contribution in [1.29, 1.82) is 0 Å². The Morgan fingerprint density at radius 2 is 1.23 bits per heavy atom. The molecule has 1 aromatic rings. The van der Waals surface area contributed by atoms with Gasteiger partial charge in [-0.1, -0.05) is 115 Å². The predicted octanol–water partition coefficient (Wildman–Crippen LogP) is 6.77. The molecule has 26 heavy (non-hydrogen) atoms. The first kappa shape index (κ1) is 25.1. The van der Waals surface area contributed by atoms with Gasteiger partial charge in [0.15, 0.2) is 0 Å². The summed E-state index contributed by atoms with van der Waals surface area (Å²) in [6, 6.07) is 11.1. The molecule has 2 nitrogen and oxygen atoms in total. The van der Waals surface area contributed by atoms with E-state index < -0.39 is 0 Å². The van der Waals surface area contributed by atoms with Gasteiger partial charge in [-0.3, -0.25) is 0 Å². The van der Waals surface area contributed by atoms with Gasteiger partial charge in [-0.15, -0.1) is 0 Å². The minimum atomic E-state index is -0.0357.